The summed E-state index contributed by atoms with van der Waals surface area (Å²) in [5, 5.41) is 8.06. The maximum Gasteiger partial charge on any atom is 0.338 e. The largest absolute Gasteiger partial charge is 0.496 e. The number of amides is 3. The van der Waals surface area contributed by atoms with Crippen molar-refractivity contribution in [3.05, 3.63) is 113 Å². The van der Waals surface area contributed by atoms with Gasteiger partial charge in [-0.05, 0) is 79.6 Å². The molecule has 3 amide bonds. The number of ether oxygens (including phenoxy) is 4. The van der Waals surface area contributed by atoms with Crippen LogP contribution in [0.15, 0.2) is 102 Å². The van der Waals surface area contributed by atoms with Crippen molar-refractivity contribution in [3.8, 4) is 17.2 Å². The smallest absolute Gasteiger partial charge is 0.338 e. The van der Waals surface area contributed by atoms with E-state index < -0.39 is 23.0 Å². The number of methoxy groups -OCH3 is 3. The molecule has 0 aliphatic rings. The highest BCUT2D eigenvalue weighted by Gasteiger charge is 2.21. The van der Waals surface area contributed by atoms with Gasteiger partial charge < -0.3 is 34.9 Å². The van der Waals surface area contributed by atoms with Crippen molar-refractivity contribution in [2.45, 2.75) is 43.3 Å². The molecule has 0 saturated heterocycles. The zero-order valence-corrected chi connectivity index (χ0v) is 30.6. The van der Waals surface area contributed by atoms with Crippen molar-refractivity contribution in [1.29, 1.82) is 0 Å². The molecule has 0 bridgehead atoms. The Hall–Kier alpha value is -5.75. The first-order chi connectivity index (χ1) is 25.2. The fourth-order valence-corrected chi connectivity index (χ4v) is 5.91. The Kier molecular flexibility index (Phi) is 14.7. The number of carbonyl (C=O) groups excluding carboxylic acids is 4. The van der Waals surface area contributed by atoms with Gasteiger partial charge in [-0.1, -0.05) is 44.5 Å². The molecule has 1 unspecified atom stereocenters. The SMILES string of the molecule is CCCCOC(=O)c1ccc(NC(=O)C(CC)Sc2cccc(NC(=O)/C(=C\c3cc(OC)c(OC)cc3OC)NC(=O)c3ccccc3)c2)cc1. The Balaban J connectivity index is 1.51. The highest BCUT2D eigenvalue weighted by Crippen LogP contribution is 2.36. The van der Waals surface area contributed by atoms with E-state index in [9.17, 15) is 19.2 Å². The van der Waals surface area contributed by atoms with Gasteiger partial charge in [0.2, 0.25) is 5.91 Å². The molecular formula is C40H43N3O8S. The number of esters is 1. The lowest BCUT2D eigenvalue weighted by atomic mass is 10.1. The van der Waals surface area contributed by atoms with Crippen LogP contribution in [0.3, 0.4) is 0 Å². The number of thioether (sulfide) groups is 1. The van der Waals surface area contributed by atoms with Gasteiger partial charge in [-0.2, -0.15) is 0 Å². The van der Waals surface area contributed by atoms with Crippen LogP contribution >= 0.6 is 11.8 Å². The quantitative estimate of drug-likeness (QED) is 0.0435. The van der Waals surface area contributed by atoms with Gasteiger partial charge in [-0.25, -0.2) is 4.79 Å². The first-order valence-electron chi connectivity index (χ1n) is 16.7. The molecule has 4 aromatic carbocycles. The zero-order chi connectivity index (χ0) is 37.5. The summed E-state index contributed by atoms with van der Waals surface area (Å²) in [6.45, 7) is 4.30. The molecule has 4 rings (SSSR count). The Morgan fingerprint density at radius 1 is 0.731 bits per heavy atom. The van der Waals surface area contributed by atoms with Crippen molar-refractivity contribution in [1.82, 2.24) is 5.32 Å². The number of unbranched alkanes of at least 4 members (excludes halogenated alkanes) is 1. The fraction of sp³-hybridized carbons (Fsp3) is 0.250. The molecule has 0 aliphatic heterocycles. The molecule has 52 heavy (non-hydrogen) atoms. The summed E-state index contributed by atoms with van der Waals surface area (Å²) in [5.41, 5.74) is 2.19. The third-order valence-corrected chi connectivity index (χ3v) is 9.08. The van der Waals surface area contributed by atoms with Gasteiger partial charge in [0.1, 0.15) is 11.4 Å². The molecule has 0 aliphatic carbocycles. The van der Waals surface area contributed by atoms with E-state index in [2.05, 4.69) is 16.0 Å². The Morgan fingerprint density at radius 2 is 1.42 bits per heavy atom. The first kappa shape index (κ1) is 39.0. The van der Waals surface area contributed by atoms with Gasteiger partial charge in [0.05, 0.1) is 38.7 Å². The average Bonchev–Trinajstić information content (AvgIpc) is 3.17. The summed E-state index contributed by atoms with van der Waals surface area (Å²) in [6, 6.07) is 25.5. The van der Waals surface area contributed by atoms with Crippen LogP contribution in [-0.2, 0) is 14.3 Å². The van der Waals surface area contributed by atoms with E-state index in [-0.39, 0.29) is 11.6 Å². The van der Waals surface area contributed by atoms with Crippen LogP contribution in [0.25, 0.3) is 6.08 Å². The summed E-state index contributed by atoms with van der Waals surface area (Å²) >= 11 is 1.34. The van der Waals surface area contributed by atoms with Crippen molar-refractivity contribution in [3.63, 3.8) is 0 Å². The van der Waals surface area contributed by atoms with Gasteiger partial charge in [0, 0.05) is 33.5 Å². The topological polar surface area (TPSA) is 141 Å². The lowest BCUT2D eigenvalue weighted by molar-refractivity contribution is -0.116. The molecule has 0 saturated carbocycles. The molecule has 1 atom stereocenters. The number of benzene rings is 4. The molecule has 272 valence electrons. The van der Waals surface area contributed by atoms with E-state index in [0.717, 1.165) is 17.7 Å². The second-order valence-corrected chi connectivity index (χ2v) is 12.7. The average molecular weight is 726 g/mol. The normalized spacial score (nSPS) is 11.5. The van der Waals surface area contributed by atoms with E-state index in [4.69, 9.17) is 18.9 Å². The summed E-state index contributed by atoms with van der Waals surface area (Å²) in [6.07, 6.45) is 3.75. The number of anilines is 2. The van der Waals surface area contributed by atoms with E-state index in [1.807, 2.05) is 19.9 Å². The van der Waals surface area contributed by atoms with Crippen LogP contribution in [0.2, 0.25) is 0 Å². The highest BCUT2D eigenvalue weighted by atomic mass is 32.2. The second-order valence-electron chi connectivity index (χ2n) is 11.4. The van der Waals surface area contributed by atoms with Gasteiger partial charge in [0.25, 0.3) is 11.8 Å². The van der Waals surface area contributed by atoms with Crippen LogP contribution in [0.5, 0.6) is 17.2 Å². The number of nitrogens with one attached hydrogen (secondary N) is 3. The van der Waals surface area contributed by atoms with E-state index >= 15 is 0 Å². The maximum atomic E-state index is 13.8. The number of hydrogen-bond acceptors (Lipinski definition) is 9. The van der Waals surface area contributed by atoms with Crippen molar-refractivity contribution in [2.75, 3.05) is 38.6 Å². The minimum absolute atomic E-state index is 0.0523. The molecule has 0 aromatic heterocycles. The Bertz CT molecular complexity index is 1880. The predicted octanol–water partition coefficient (Wildman–Crippen LogP) is 7.59. The monoisotopic (exact) mass is 725 g/mol. The van der Waals surface area contributed by atoms with Gasteiger partial charge >= 0.3 is 5.97 Å². The van der Waals surface area contributed by atoms with Crippen molar-refractivity contribution >= 4 is 52.9 Å². The molecule has 3 N–H and O–H groups in total. The van der Waals surface area contributed by atoms with E-state index in [1.165, 1.54) is 39.2 Å². The molecule has 12 heteroatoms. The number of carbonyl (C=O) groups is 4. The summed E-state index contributed by atoms with van der Waals surface area (Å²) in [5.74, 6) is -0.459. The maximum absolute atomic E-state index is 13.8. The lowest BCUT2D eigenvalue weighted by Crippen LogP contribution is -2.30. The van der Waals surface area contributed by atoms with Crippen LogP contribution in [0.1, 0.15) is 59.4 Å². The second kappa shape index (κ2) is 19.6. The van der Waals surface area contributed by atoms with Crippen molar-refractivity contribution in [2.24, 2.45) is 0 Å². The Labute approximate surface area is 308 Å². The lowest BCUT2D eigenvalue weighted by Gasteiger charge is -2.16. The standard InChI is InChI=1S/C40H43N3O8S/c1-6-8-21-51-40(47)27-17-19-29(20-18-27)41-39(46)36(7-2)52-31-16-12-15-30(24-31)42-38(45)32(43-37(44)26-13-10-9-11-14-26)22-28-23-34(49-4)35(50-5)25-33(28)48-3/h9-20,22-25,36H,6-8,21H2,1-5H3,(H,41,46)(H,42,45)(H,43,44)/b32-22+. The molecular weight excluding hydrogens is 683 g/mol. The van der Waals surface area contributed by atoms with E-state index in [0.29, 0.717) is 58.3 Å². The van der Waals surface area contributed by atoms with Crippen LogP contribution in [0, 0.1) is 0 Å². The minimum Gasteiger partial charge on any atom is -0.496 e. The van der Waals surface area contributed by atoms with Crippen LogP contribution in [-0.4, -0.2) is 56.9 Å². The third-order valence-electron chi connectivity index (χ3n) is 7.72. The predicted molar refractivity (Wildman–Crippen MR) is 203 cm³/mol. The molecule has 0 spiro atoms. The summed E-state index contributed by atoms with van der Waals surface area (Å²) in [4.78, 5) is 53.2. The number of rotatable bonds is 17. The van der Waals surface area contributed by atoms with Crippen LogP contribution in [0.4, 0.5) is 11.4 Å². The zero-order valence-electron chi connectivity index (χ0n) is 29.8. The first-order valence-corrected chi connectivity index (χ1v) is 17.6. The molecule has 0 heterocycles. The van der Waals surface area contributed by atoms with Gasteiger partial charge in [-0.3, -0.25) is 14.4 Å². The Morgan fingerprint density at radius 3 is 2.08 bits per heavy atom. The fourth-order valence-electron chi connectivity index (χ4n) is 4.90. The van der Waals surface area contributed by atoms with E-state index in [1.54, 1.807) is 84.9 Å². The minimum atomic E-state index is -0.592. The van der Waals surface area contributed by atoms with Gasteiger partial charge in [-0.15, -0.1) is 11.8 Å². The van der Waals surface area contributed by atoms with Crippen molar-refractivity contribution < 1.29 is 38.1 Å². The summed E-state index contributed by atoms with van der Waals surface area (Å²) < 4.78 is 21.6. The molecule has 11 nitrogen and oxygen atoms in total. The highest BCUT2D eigenvalue weighted by molar-refractivity contribution is 8.00. The van der Waals surface area contributed by atoms with Gasteiger partial charge in [0.15, 0.2) is 11.5 Å². The number of hydrogen-bond donors (Lipinski definition) is 3. The molecule has 4 aromatic rings. The summed E-state index contributed by atoms with van der Waals surface area (Å²) in [7, 11) is 4.48. The van der Waals surface area contributed by atoms with Crippen LogP contribution < -0.4 is 30.2 Å². The molecule has 0 fully saturated rings. The molecule has 0 radical (unpaired) electrons. The third kappa shape index (κ3) is 10.9.